The van der Waals surface area contributed by atoms with Gasteiger partial charge < -0.3 is 14.7 Å². The van der Waals surface area contributed by atoms with E-state index in [4.69, 9.17) is 4.74 Å². The van der Waals surface area contributed by atoms with Crippen molar-refractivity contribution in [2.45, 2.75) is 25.3 Å². The van der Waals surface area contributed by atoms with Gasteiger partial charge in [0.1, 0.15) is 0 Å². The Hall–Kier alpha value is -1.95. The van der Waals surface area contributed by atoms with Crippen molar-refractivity contribution < 1.29 is 19.4 Å². The maximum absolute atomic E-state index is 12.2. The van der Waals surface area contributed by atoms with Gasteiger partial charge in [-0.3, -0.25) is 14.6 Å². The number of amides is 1. The van der Waals surface area contributed by atoms with E-state index in [1.165, 1.54) is 0 Å². The van der Waals surface area contributed by atoms with Crippen molar-refractivity contribution >= 4 is 11.9 Å². The van der Waals surface area contributed by atoms with Crippen molar-refractivity contribution in [3.05, 3.63) is 30.1 Å². The number of carboxylic acids is 1. The number of ether oxygens (including phenoxy) is 1. The molecule has 1 aromatic heterocycles. The fourth-order valence-electron chi connectivity index (χ4n) is 2.83. The second-order valence-corrected chi connectivity index (χ2v) is 5.14. The number of hydrogen-bond acceptors (Lipinski definition) is 4. The van der Waals surface area contributed by atoms with Crippen LogP contribution in [0.5, 0.6) is 0 Å². The Morgan fingerprint density at radius 1 is 1.48 bits per heavy atom. The molecule has 0 spiro atoms. The SMILES string of the molecule is COCCCN1C(=O)CCC(C(=O)O)C1c1ccncc1. The minimum atomic E-state index is -0.860. The third kappa shape index (κ3) is 3.58. The van der Waals surface area contributed by atoms with Gasteiger partial charge in [0.2, 0.25) is 5.91 Å². The lowest BCUT2D eigenvalue weighted by molar-refractivity contribution is -0.152. The highest BCUT2D eigenvalue weighted by molar-refractivity contribution is 5.81. The molecule has 21 heavy (non-hydrogen) atoms. The number of carbonyl (C=O) groups excluding carboxylic acids is 1. The van der Waals surface area contributed by atoms with Crippen molar-refractivity contribution in [3.63, 3.8) is 0 Å². The maximum atomic E-state index is 12.2. The highest BCUT2D eigenvalue weighted by atomic mass is 16.5. The zero-order valence-electron chi connectivity index (χ0n) is 12.1. The number of pyridine rings is 1. The minimum absolute atomic E-state index is 0.00501. The number of methoxy groups -OCH3 is 1. The lowest BCUT2D eigenvalue weighted by atomic mass is 9.84. The van der Waals surface area contributed by atoms with Crippen molar-refractivity contribution in [1.29, 1.82) is 0 Å². The van der Waals surface area contributed by atoms with E-state index in [9.17, 15) is 14.7 Å². The molecule has 114 valence electrons. The van der Waals surface area contributed by atoms with Crippen molar-refractivity contribution in [2.24, 2.45) is 5.92 Å². The molecule has 1 aliphatic heterocycles. The van der Waals surface area contributed by atoms with Gasteiger partial charge in [0.25, 0.3) is 0 Å². The summed E-state index contributed by atoms with van der Waals surface area (Å²) < 4.78 is 5.02. The molecule has 0 bridgehead atoms. The molecular weight excluding hydrogens is 272 g/mol. The van der Waals surface area contributed by atoms with Crippen LogP contribution in [0.3, 0.4) is 0 Å². The molecule has 6 heteroatoms. The third-order valence-electron chi connectivity index (χ3n) is 3.82. The summed E-state index contributed by atoms with van der Waals surface area (Å²) >= 11 is 0. The molecule has 1 saturated heterocycles. The molecule has 0 aliphatic carbocycles. The smallest absolute Gasteiger partial charge is 0.308 e. The van der Waals surface area contributed by atoms with Crippen molar-refractivity contribution in [1.82, 2.24) is 9.88 Å². The number of aromatic nitrogens is 1. The second kappa shape index (κ2) is 7.17. The Morgan fingerprint density at radius 3 is 2.81 bits per heavy atom. The Morgan fingerprint density at radius 2 is 2.19 bits per heavy atom. The third-order valence-corrected chi connectivity index (χ3v) is 3.82. The summed E-state index contributed by atoms with van der Waals surface area (Å²) in [5, 5.41) is 9.47. The van der Waals surface area contributed by atoms with Gasteiger partial charge in [0, 0.05) is 39.1 Å². The summed E-state index contributed by atoms with van der Waals surface area (Å²) in [5.74, 6) is -1.43. The average Bonchev–Trinajstić information content (AvgIpc) is 2.49. The number of hydrogen-bond donors (Lipinski definition) is 1. The molecule has 1 aliphatic rings. The van der Waals surface area contributed by atoms with Gasteiger partial charge >= 0.3 is 5.97 Å². The fraction of sp³-hybridized carbons (Fsp3) is 0.533. The second-order valence-electron chi connectivity index (χ2n) is 5.14. The molecule has 0 radical (unpaired) electrons. The van der Waals surface area contributed by atoms with Crippen LogP contribution in [0.4, 0.5) is 0 Å². The van der Waals surface area contributed by atoms with E-state index < -0.39 is 17.9 Å². The first-order valence-electron chi connectivity index (χ1n) is 7.06. The number of carbonyl (C=O) groups is 2. The van der Waals surface area contributed by atoms with Gasteiger partial charge in [-0.05, 0) is 30.5 Å². The van der Waals surface area contributed by atoms with E-state index in [-0.39, 0.29) is 12.3 Å². The van der Waals surface area contributed by atoms with E-state index in [1.54, 1.807) is 36.5 Å². The number of carboxylic acid groups (broad SMARTS) is 1. The summed E-state index contributed by atoms with van der Waals surface area (Å²) in [6.45, 7) is 1.05. The van der Waals surface area contributed by atoms with E-state index >= 15 is 0 Å². The largest absolute Gasteiger partial charge is 0.481 e. The molecule has 1 amide bonds. The monoisotopic (exact) mass is 292 g/mol. The summed E-state index contributed by atoms with van der Waals surface area (Å²) in [5.41, 5.74) is 0.822. The Balaban J connectivity index is 2.27. The molecule has 2 heterocycles. The number of aliphatic carboxylic acids is 1. The van der Waals surface area contributed by atoms with E-state index in [0.717, 1.165) is 5.56 Å². The number of likely N-dealkylation sites (tertiary alicyclic amines) is 1. The maximum Gasteiger partial charge on any atom is 0.308 e. The Kier molecular flexibility index (Phi) is 5.27. The van der Waals surface area contributed by atoms with E-state index in [1.807, 2.05) is 0 Å². The van der Waals surface area contributed by atoms with Gasteiger partial charge in [-0.1, -0.05) is 0 Å². The molecule has 1 aromatic rings. The van der Waals surface area contributed by atoms with Crippen molar-refractivity contribution in [2.75, 3.05) is 20.3 Å². The summed E-state index contributed by atoms with van der Waals surface area (Å²) in [6, 6.07) is 3.13. The normalized spacial score (nSPS) is 22.3. The van der Waals surface area contributed by atoms with Crippen LogP contribution < -0.4 is 0 Å². The van der Waals surface area contributed by atoms with Crippen LogP contribution in [-0.2, 0) is 14.3 Å². The number of nitrogens with zero attached hydrogens (tertiary/aromatic N) is 2. The van der Waals surface area contributed by atoms with Crippen LogP contribution in [-0.4, -0.2) is 47.1 Å². The standard InChI is InChI=1S/C15H20N2O4/c1-21-10-2-9-17-13(18)4-3-12(15(19)20)14(17)11-5-7-16-8-6-11/h5-8,12,14H,2-4,9-10H2,1H3,(H,19,20). The van der Waals surface area contributed by atoms with Crippen LogP contribution in [0.25, 0.3) is 0 Å². The molecule has 2 atom stereocenters. The van der Waals surface area contributed by atoms with Gasteiger partial charge in [0.15, 0.2) is 0 Å². The minimum Gasteiger partial charge on any atom is -0.481 e. The summed E-state index contributed by atoms with van der Waals surface area (Å²) in [6.07, 6.45) is 4.60. The predicted molar refractivity (Wildman–Crippen MR) is 75.5 cm³/mol. The van der Waals surface area contributed by atoms with Crippen LogP contribution in [0.15, 0.2) is 24.5 Å². The molecule has 6 nitrogen and oxygen atoms in total. The Bertz CT molecular complexity index is 492. The molecule has 2 unspecified atom stereocenters. The molecule has 0 aromatic carbocycles. The Labute approximate surface area is 123 Å². The van der Waals surface area contributed by atoms with Crippen LogP contribution in [0.1, 0.15) is 30.9 Å². The number of rotatable bonds is 6. The van der Waals surface area contributed by atoms with E-state index in [0.29, 0.717) is 26.0 Å². The van der Waals surface area contributed by atoms with Crippen LogP contribution in [0.2, 0.25) is 0 Å². The van der Waals surface area contributed by atoms with E-state index in [2.05, 4.69) is 4.98 Å². The summed E-state index contributed by atoms with van der Waals surface area (Å²) in [7, 11) is 1.61. The average molecular weight is 292 g/mol. The first kappa shape index (κ1) is 15.4. The highest BCUT2D eigenvalue weighted by Crippen LogP contribution is 2.36. The molecule has 1 fully saturated rings. The first-order valence-corrected chi connectivity index (χ1v) is 7.06. The molecule has 0 saturated carbocycles. The zero-order chi connectivity index (χ0) is 15.2. The van der Waals surface area contributed by atoms with Gasteiger partial charge in [-0.15, -0.1) is 0 Å². The predicted octanol–water partition coefficient (Wildman–Crippen LogP) is 1.48. The molecular formula is C15H20N2O4. The first-order chi connectivity index (χ1) is 10.1. The van der Waals surface area contributed by atoms with Gasteiger partial charge in [-0.25, -0.2) is 0 Å². The highest BCUT2D eigenvalue weighted by Gasteiger charge is 2.40. The fourth-order valence-corrected chi connectivity index (χ4v) is 2.83. The molecule has 2 rings (SSSR count). The van der Waals surface area contributed by atoms with Gasteiger partial charge in [0.05, 0.1) is 12.0 Å². The lowest BCUT2D eigenvalue weighted by Crippen LogP contribution is -2.45. The quantitative estimate of drug-likeness (QED) is 0.803. The van der Waals surface area contributed by atoms with Crippen LogP contribution >= 0.6 is 0 Å². The lowest BCUT2D eigenvalue weighted by Gasteiger charge is -2.39. The zero-order valence-corrected chi connectivity index (χ0v) is 12.1. The van der Waals surface area contributed by atoms with Crippen LogP contribution in [0, 0.1) is 5.92 Å². The van der Waals surface area contributed by atoms with Crippen molar-refractivity contribution in [3.8, 4) is 0 Å². The summed E-state index contributed by atoms with van der Waals surface area (Å²) in [4.78, 5) is 29.4. The topological polar surface area (TPSA) is 79.7 Å². The number of piperidine rings is 1. The van der Waals surface area contributed by atoms with Gasteiger partial charge in [-0.2, -0.15) is 0 Å². The molecule has 1 N–H and O–H groups in total.